The molecule has 0 saturated carbocycles. The zero-order valence-corrected chi connectivity index (χ0v) is 43.4. The van der Waals surface area contributed by atoms with Gasteiger partial charge in [-0.15, -0.1) is 0 Å². The first-order chi connectivity index (χ1) is 32.0. The van der Waals surface area contributed by atoms with E-state index in [0.717, 1.165) is 83.5 Å². The van der Waals surface area contributed by atoms with Crippen molar-refractivity contribution in [3.05, 3.63) is 48.6 Å². The van der Waals surface area contributed by atoms with Gasteiger partial charge in [0.15, 0.2) is 0 Å². The maximum absolute atomic E-state index is 13.2. The molecule has 0 saturated heterocycles. The zero-order chi connectivity index (χ0) is 47.4. The van der Waals surface area contributed by atoms with Crippen LogP contribution in [0.4, 0.5) is 0 Å². The first-order valence-corrected chi connectivity index (χ1v) is 28.4. The van der Waals surface area contributed by atoms with Gasteiger partial charge in [0.2, 0.25) is 5.91 Å². The van der Waals surface area contributed by atoms with Crippen molar-refractivity contribution >= 4 is 11.9 Å². The Morgan fingerprint density at radius 1 is 0.446 bits per heavy atom. The van der Waals surface area contributed by atoms with Gasteiger partial charge >= 0.3 is 5.97 Å². The Kier molecular flexibility index (Phi) is 51.0. The van der Waals surface area contributed by atoms with Crippen LogP contribution in [0.15, 0.2) is 48.6 Å². The quantitative estimate of drug-likeness (QED) is 0.0321. The molecule has 6 nitrogen and oxygen atoms in total. The summed E-state index contributed by atoms with van der Waals surface area (Å²) in [6.07, 6.45) is 64.5. The van der Waals surface area contributed by atoms with E-state index < -0.39 is 18.2 Å². The average Bonchev–Trinajstić information content (AvgIpc) is 3.30. The summed E-state index contributed by atoms with van der Waals surface area (Å²) in [6, 6.07) is -0.710. The highest BCUT2D eigenvalue weighted by Crippen LogP contribution is 2.18. The molecule has 0 heterocycles. The summed E-state index contributed by atoms with van der Waals surface area (Å²) in [5.74, 6) is -0.491. The fourth-order valence-electron chi connectivity index (χ4n) is 8.55. The van der Waals surface area contributed by atoms with Crippen molar-refractivity contribution in [2.24, 2.45) is 0 Å². The zero-order valence-electron chi connectivity index (χ0n) is 43.4. The van der Waals surface area contributed by atoms with E-state index in [1.807, 2.05) is 0 Å². The highest BCUT2D eigenvalue weighted by atomic mass is 16.5. The van der Waals surface area contributed by atoms with Crippen LogP contribution in [0.25, 0.3) is 0 Å². The Balaban J connectivity index is 4.61. The molecule has 1 amide bonds. The molecule has 0 aromatic heterocycles. The summed E-state index contributed by atoms with van der Waals surface area (Å²) < 4.78 is 5.95. The van der Waals surface area contributed by atoms with Gasteiger partial charge in [-0.05, 0) is 89.9 Å². The lowest BCUT2D eigenvalue weighted by molar-refractivity contribution is -0.151. The number of carbonyl (C=O) groups excluding carboxylic acids is 2. The average molecular weight is 913 g/mol. The number of hydrogen-bond acceptors (Lipinski definition) is 5. The van der Waals surface area contributed by atoms with E-state index in [9.17, 15) is 19.8 Å². The fraction of sp³-hybridized carbons (Fsp3) is 0.831. The van der Waals surface area contributed by atoms with Gasteiger partial charge in [0.25, 0.3) is 0 Å². The number of allylic oxidation sites excluding steroid dienone is 8. The fourth-order valence-corrected chi connectivity index (χ4v) is 8.55. The van der Waals surface area contributed by atoms with Crippen LogP contribution in [-0.4, -0.2) is 46.9 Å². The minimum absolute atomic E-state index is 0.0622. The number of rotatable bonds is 51. The van der Waals surface area contributed by atoms with E-state index in [1.165, 1.54) is 161 Å². The number of nitrogens with one attached hydrogen (secondary N) is 1. The highest BCUT2D eigenvalue weighted by Gasteiger charge is 2.24. The number of ether oxygens (including phenoxy) is 1. The molecule has 0 aromatic rings. The van der Waals surface area contributed by atoms with Gasteiger partial charge in [0.1, 0.15) is 6.10 Å². The molecule has 6 heteroatoms. The lowest BCUT2D eigenvalue weighted by atomic mass is 10.0. The van der Waals surface area contributed by atoms with Crippen LogP contribution in [0.3, 0.4) is 0 Å². The van der Waals surface area contributed by atoms with Crippen molar-refractivity contribution in [3.8, 4) is 0 Å². The van der Waals surface area contributed by atoms with Crippen LogP contribution >= 0.6 is 0 Å². The molecule has 0 radical (unpaired) electrons. The number of amides is 1. The van der Waals surface area contributed by atoms with Gasteiger partial charge in [0, 0.05) is 6.42 Å². The van der Waals surface area contributed by atoms with Crippen LogP contribution in [-0.2, 0) is 14.3 Å². The van der Waals surface area contributed by atoms with Crippen LogP contribution in [0, 0.1) is 0 Å². The smallest absolute Gasteiger partial charge is 0.306 e. The van der Waals surface area contributed by atoms with E-state index >= 15 is 0 Å². The first-order valence-electron chi connectivity index (χ1n) is 28.4. The molecule has 0 aliphatic rings. The lowest BCUT2D eigenvalue weighted by Crippen LogP contribution is -2.46. The Morgan fingerprint density at radius 2 is 0.785 bits per heavy atom. The standard InChI is InChI=1S/C59H109NO5/c1-4-7-10-13-16-19-22-25-27-29-31-33-35-38-41-44-47-50-55(65-59(64)52-49-46-43-40-37-34-32-30-28-26-23-20-17-14-11-8-5-2)53-58(63)60-56(54-61)57(62)51-48-45-42-39-36-24-21-18-15-12-9-6-3/h16,19,25-28,31,33,55-57,61-62H,4-15,17-18,20-24,29-30,32,34-54H2,1-3H3,(H,60,63)/b19-16-,27-25-,28-26+,33-31-. The van der Waals surface area contributed by atoms with E-state index in [0.29, 0.717) is 19.3 Å². The largest absolute Gasteiger partial charge is 0.462 e. The normalized spacial score (nSPS) is 13.5. The van der Waals surface area contributed by atoms with E-state index in [-0.39, 0.29) is 24.9 Å². The van der Waals surface area contributed by atoms with E-state index in [2.05, 4.69) is 74.7 Å². The molecule has 3 N–H and O–H groups in total. The number of carbonyl (C=O) groups is 2. The van der Waals surface area contributed by atoms with Gasteiger partial charge in [-0.3, -0.25) is 9.59 Å². The maximum Gasteiger partial charge on any atom is 0.306 e. The van der Waals surface area contributed by atoms with Gasteiger partial charge in [0.05, 0.1) is 25.2 Å². The Morgan fingerprint density at radius 3 is 1.23 bits per heavy atom. The molecule has 0 aromatic carbocycles. The number of aliphatic hydroxyl groups excluding tert-OH is 2. The summed E-state index contributed by atoms with van der Waals surface area (Å²) >= 11 is 0. The second-order valence-corrected chi connectivity index (χ2v) is 19.3. The minimum Gasteiger partial charge on any atom is -0.462 e. The third-order valence-corrected chi connectivity index (χ3v) is 12.9. The molecule has 3 atom stereocenters. The Hall–Kier alpha value is -2.18. The van der Waals surface area contributed by atoms with E-state index in [1.54, 1.807) is 0 Å². The lowest BCUT2D eigenvalue weighted by Gasteiger charge is -2.24. The first kappa shape index (κ1) is 62.8. The molecule has 65 heavy (non-hydrogen) atoms. The number of hydrogen-bond donors (Lipinski definition) is 3. The van der Waals surface area contributed by atoms with Crippen LogP contribution in [0.2, 0.25) is 0 Å². The Bertz CT molecular complexity index is 1110. The molecule has 0 spiro atoms. The molecular formula is C59H109NO5. The molecule has 3 unspecified atom stereocenters. The molecular weight excluding hydrogens is 803 g/mol. The summed E-state index contributed by atoms with van der Waals surface area (Å²) in [7, 11) is 0. The number of aliphatic hydroxyl groups is 2. The molecule has 0 rings (SSSR count). The maximum atomic E-state index is 13.2. The van der Waals surface area contributed by atoms with Crippen LogP contribution < -0.4 is 5.32 Å². The molecule has 0 bridgehead atoms. The summed E-state index contributed by atoms with van der Waals surface area (Å²) in [5.41, 5.74) is 0. The van der Waals surface area contributed by atoms with Crippen molar-refractivity contribution in [1.29, 1.82) is 0 Å². The minimum atomic E-state index is -0.794. The third-order valence-electron chi connectivity index (χ3n) is 12.9. The van der Waals surface area contributed by atoms with Crippen molar-refractivity contribution in [2.45, 2.75) is 309 Å². The van der Waals surface area contributed by atoms with Gasteiger partial charge in [-0.1, -0.05) is 236 Å². The second-order valence-electron chi connectivity index (χ2n) is 19.3. The van der Waals surface area contributed by atoms with Crippen LogP contribution in [0.5, 0.6) is 0 Å². The van der Waals surface area contributed by atoms with Crippen molar-refractivity contribution in [2.75, 3.05) is 6.61 Å². The SMILES string of the molecule is CCCCC/C=C\C/C=C\C/C=C\CCCCCCC(CC(=O)NC(CO)C(O)CCCCCCCCCCCCCC)OC(=O)CCCCCCCCC/C=C/CCCCCCCC. The van der Waals surface area contributed by atoms with Gasteiger partial charge in [-0.25, -0.2) is 0 Å². The second kappa shape index (κ2) is 52.8. The van der Waals surface area contributed by atoms with Crippen molar-refractivity contribution < 1.29 is 24.5 Å². The number of esters is 1. The molecule has 0 aliphatic heterocycles. The van der Waals surface area contributed by atoms with Gasteiger partial charge in [-0.2, -0.15) is 0 Å². The number of unbranched alkanes of at least 4 members (excludes halogenated alkanes) is 31. The third kappa shape index (κ3) is 48.1. The Labute approximate surface area is 404 Å². The molecule has 0 aliphatic carbocycles. The topological polar surface area (TPSA) is 95.9 Å². The summed E-state index contributed by atoms with van der Waals surface area (Å²) in [4.78, 5) is 26.2. The predicted molar refractivity (Wildman–Crippen MR) is 282 cm³/mol. The van der Waals surface area contributed by atoms with Crippen molar-refractivity contribution in [1.82, 2.24) is 5.32 Å². The monoisotopic (exact) mass is 912 g/mol. The van der Waals surface area contributed by atoms with Crippen molar-refractivity contribution in [3.63, 3.8) is 0 Å². The van der Waals surface area contributed by atoms with E-state index in [4.69, 9.17) is 4.74 Å². The predicted octanol–water partition coefficient (Wildman–Crippen LogP) is 17.4. The van der Waals surface area contributed by atoms with Crippen LogP contribution in [0.1, 0.15) is 290 Å². The summed E-state index contributed by atoms with van der Waals surface area (Å²) in [5, 5.41) is 23.8. The highest BCUT2D eigenvalue weighted by molar-refractivity contribution is 5.77. The summed E-state index contributed by atoms with van der Waals surface area (Å²) in [6.45, 7) is 6.46. The molecule has 0 fully saturated rings. The molecule has 380 valence electrons. The van der Waals surface area contributed by atoms with Gasteiger partial charge < -0.3 is 20.3 Å².